The van der Waals surface area contributed by atoms with Crippen LogP contribution in [0.3, 0.4) is 0 Å². The van der Waals surface area contributed by atoms with E-state index in [1.165, 1.54) is 6.92 Å². The van der Waals surface area contributed by atoms with E-state index in [4.69, 9.17) is 4.74 Å². The second kappa shape index (κ2) is 7.04. The summed E-state index contributed by atoms with van der Waals surface area (Å²) in [4.78, 5) is 16.8. The lowest BCUT2D eigenvalue weighted by molar-refractivity contribution is -0.114. The van der Waals surface area contributed by atoms with E-state index >= 15 is 0 Å². The highest BCUT2D eigenvalue weighted by Crippen LogP contribution is 2.35. The molecule has 2 heterocycles. The maximum Gasteiger partial charge on any atom is 0.222 e. The number of benzene rings is 1. The molecule has 126 valence electrons. The fourth-order valence-electron chi connectivity index (χ4n) is 2.56. The van der Waals surface area contributed by atoms with Crippen LogP contribution in [0.1, 0.15) is 30.2 Å². The normalized spacial score (nSPS) is 21.1. The zero-order valence-electron chi connectivity index (χ0n) is 13.2. The Morgan fingerprint density at radius 3 is 2.62 bits per heavy atom. The van der Waals surface area contributed by atoms with E-state index in [1.54, 1.807) is 23.5 Å². The van der Waals surface area contributed by atoms with E-state index in [2.05, 4.69) is 26.2 Å². The molecule has 0 saturated carbocycles. The van der Waals surface area contributed by atoms with Crippen LogP contribution in [0.2, 0.25) is 0 Å². The topological polar surface area (TPSA) is 70.9 Å². The molecule has 5 nitrogen and oxygen atoms in total. The first-order valence-corrected chi connectivity index (χ1v) is 9.11. The molecule has 1 aromatic heterocycles. The predicted molar refractivity (Wildman–Crippen MR) is 98.6 cm³/mol. The molecule has 2 N–H and O–H groups in total. The summed E-state index contributed by atoms with van der Waals surface area (Å²) in [6, 6.07) is 10.9. The van der Waals surface area contributed by atoms with Crippen molar-refractivity contribution < 1.29 is 14.6 Å². The number of carbonyl (C=O) groups excluding carboxylic acids is 1. The summed E-state index contributed by atoms with van der Waals surface area (Å²) in [5.41, 5.74) is 1.48. The molecule has 1 amide bonds. The van der Waals surface area contributed by atoms with Gasteiger partial charge in [-0.25, -0.2) is 4.99 Å². The lowest BCUT2D eigenvalue weighted by atomic mass is 10.0. The van der Waals surface area contributed by atoms with E-state index in [9.17, 15) is 9.90 Å². The molecule has 0 saturated heterocycles. The Hall–Kier alpha value is -1.70. The predicted octanol–water partition coefficient (Wildman–Crippen LogP) is 3.74. The summed E-state index contributed by atoms with van der Waals surface area (Å²) in [7, 11) is 0. The number of hydrogen-bond acceptors (Lipinski definition) is 5. The van der Waals surface area contributed by atoms with Crippen LogP contribution in [0.25, 0.3) is 0 Å². The molecule has 0 spiro atoms. The molecule has 3 atom stereocenters. The van der Waals surface area contributed by atoms with Crippen LogP contribution in [0, 0.1) is 0 Å². The number of aliphatic imine (C=N–C) groups is 1. The highest BCUT2D eigenvalue weighted by molar-refractivity contribution is 9.11. The molecule has 1 aliphatic rings. The molecular formula is C17H17BrN2O3S. The van der Waals surface area contributed by atoms with Crippen molar-refractivity contribution in [3.05, 3.63) is 50.6 Å². The maximum absolute atomic E-state index is 11.1. The van der Waals surface area contributed by atoms with E-state index in [0.717, 1.165) is 14.2 Å². The van der Waals surface area contributed by atoms with Gasteiger partial charge in [-0.1, -0.05) is 6.92 Å². The number of thiophene rings is 1. The first-order chi connectivity index (χ1) is 11.4. The fourth-order valence-corrected chi connectivity index (χ4v) is 4.07. The summed E-state index contributed by atoms with van der Waals surface area (Å²) >= 11 is 5.09. The van der Waals surface area contributed by atoms with Gasteiger partial charge in [0.15, 0.2) is 0 Å². The average Bonchev–Trinajstić information content (AvgIpc) is 3.13. The van der Waals surface area contributed by atoms with Gasteiger partial charge in [-0.15, -0.1) is 11.3 Å². The Balaban J connectivity index is 1.78. The summed E-state index contributed by atoms with van der Waals surface area (Å²) in [5.74, 6) is 0.348. The number of nitrogens with one attached hydrogen (secondary N) is 1. The third-order valence-corrected chi connectivity index (χ3v) is 5.62. The van der Waals surface area contributed by atoms with Gasteiger partial charge in [0.1, 0.15) is 6.04 Å². The third-order valence-electron chi connectivity index (χ3n) is 3.80. The first kappa shape index (κ1) is 17.1. The van der Waals surface area contributed by atoms with Gasteiger partial charge in [-0.2, -0.15) is 0 Å². The third kappa shape index (κ3) is 3.68. The van der Waals surface area contributed by atoms with E-state index in [1.807, 2.05) is 31.2 Å². The van der Waals surface area contributed by atoms with Crippen molar-refractivity contribution in [2.75, 3.05) is 5.32 Å². The minimum absolute atomic E-state index is 0.0486. The molecule has 0 aliphatic carbocycles. The van der Waals surface area contributed by atoms with Gasteiger partial charge in [0.25, 0.3) is 0 Å². The average molecular weight is 409 g/mol. The number of carbonyl (C=O) groups is 1. The monoisotopic (exact) mass is 408 g/mol. The van der Waals surface area contributed by atoms with Crippen LogP contribution in [0.5, 0.6) is 0 Å². The van der Waals surface area contributed by atoms with Crippen LogP contribution in [-0.4, -0.2) is 29.2 Å². The van der Waals surface area contributed by atoms with Crippen LogP contribution in [-0.2, 0) is 9.53 Å². The number of aliphatic hydroxyl groups excluding tert-OH is 1. The molecule has 7 heteroatoms. The Bertz CT molecular complexity index is 772. The van der Waals surface area contributed by atoms with Crippen LogP contribution in [0.15, 0.2) is 45.2 Å². The van der Waals surface area contributed by atoms with Crippen molar-refractivity contribution >= 4 is 44.8 Å². The molecule has 2 aromatic rings. The van der Waals surface area contributed by atoms with Crippen molar-refractivity contribution in [1.29, 1.82) is 0 Å². The lowest BCUT2D eigenvalue weighted by Gasteiger charge is -2.17. The number of ether oxygens (including phenoxy) is 1. The van der Waals surface area contributed by atoms with Gasteiger partial charge < -0.3 is 15.2 Å². The van der Waals surface area contributed by atoms with Crippen molar-refractivity contribution in [2.24, 2.45) is 4.99 Å². The minimum atomic E-state index is -0.967. The highest BCUT2D eigenvalue weighted by atomic mass is 79.9. The molecule has 24 heavy (non-hydrogen) atoms. The summed E-state index contributed by atoms with van der Waals surface area (Å²) < 4.78 is 6.59. The second-order valence-corrected chi connectivity index (χ2v) is 8.12. The molecule has 3 unspecified atom stereocenters. The largest absolute Gasteiger partial charge is 0.445 e. The van der Waals surface area contributed by atoms with Crippen LogP contribution < -0.4 is 5.32 Å². The number of amides is 1. The Kier molecular flexibility index (Phi) is 5.03. The van der Waals surface area contributed by atoms with Crippen molar-refractivity contribution in [2.45, 2.75) is 32.1 Å². The summed E-state index contributed by atoms with van der Waals surface area (Å²) in [6.07, 6.45) is -0.967. The molecule has 0 bridgehead atoms. The van der Waals surface area contributed by atoms with Gasteiger partial charge in [0, 0.05) is 29.0 Å². The maximum atomic E-state index is 11.1. The highest BCUT2D eigenvalue weighted by Gasteiger charge is 2.35. The van der Waals surface area contributed by atoms with E-state index in [0.29, 0.717) is 11.6 Å². The van der Waals surface area contributed by atoms with Gasteiger partial charge in [0.2, 0.25) is 18.1 Å². The molecule has 1 aromatic carbocycles. The van der Waals surface area contributed by atoms with Crippen molar-refractivity contribution in [3.8, 4) is 0 Å². The number of aliphatic hydroxyl groups is 1. The van der Waals surface area contributed by atoms with Gasteiger partial charge >= 0.3 is 0 Å². The number of rotatable bonds is 4. The Labute approximate surface area is 152 Å². The van der Waals surface area contributed by atoms with Crippen molar-refractivity contribution in [3.63, 3.8) is 0 Å². The molecule has 0 radical (unpaired) electrons. The SMILES string of the molecule is CC(=O)Nc1ccc(C2=NC(C(C)c3ccc(Br)s3)C(O)O2)cc1. The second-order valence-electron chi connectivity index (χ2n) is 5.62. The quantitative estimate of drug-likeness (QED) is 0.809. The molecule has 3 rings (SSSR count). The zero-order valence-corrected chi connectivity index (χ0v) is 15.6. The molecular weight excluding hydrogens is 392 g/mol. The number of nitrogens with zero attached hydrogens (tertiary/aromatic N) is 1. The summed E-state index contributed by atoms with van der Waals surface area (Å²) in [5, 5.41) is 12.9. The van der Waals surface area contributed by atoms with Crippen LogP contribution >= 0.6 is 27.3 Å². The number of hydrogen-bond donors (Lipinski definition) is 2. The Morgan fingerprint density at radius 2 is 2.04 bits per heavy atom. The number of halogens is 1. The number of anilines is 1. The minimum Gasteiger partial charge on any atom is -0.445 e. The molecule has 1 aliphatic heterocycles. The van der Waals surface area contributed by atoms with Crippen molar-refractivity contribution in [1.82, 2.24) is 0 Å². The zero-order chi connectivity index (χ0) is 17.3. The molecule has 0 fully saturated rings. The van der Waals surface area contributed by atoms with E-state index < -0.39 is 6.29 Å². The van der Waals surface area contributed by atoms with Gasteiger partial charge in [-0.3, -0.25) is 4.79 Å². The standard InChI is InChI=1S/C17H17BrN2O3S/c1-9(13-7-8-14(18)24-13)15-17(22)23-16(20-15)11-3-5-12(6-4-11)19-10(2)21/h3-9,15,17,22H,1-2H3,(H,19,21). The van der Waals surface area contributed by atoms with Crippen LogP contribution in [0.4, 0.5) is 5.69 Å². The van der Waals surface area contributed by atoms with Gasteiger partial charge in [-0.05, 0) is 52.3 Å². The van der Waals surface area contributed by atoms with Gasteiger partial charge in [0.05, 0.1) is 3.79 Å². The lowest BCUT2D eigenvalue weighted by Crippen LogP contribution is -2.26. The summed E-state index contributed by atoms with van der Waals surface area (Å²) in [6.45, 7) is 3.49. The fraction of sp³-hybridized carbons (Fsp3) is 0.294. The Morgan fingerprint density at radius 1 is 1.33 bits per heavy atom. The first-order valence-electron chi connectivity index (χ1n) is 7.50. The van der Waals surface area contributed by atoms with E-state index in [-0.39, 0.29) is 17.9 Å². The smallest absolute Gasteiger partial charge is 0.222 e.